The summed E-state index contributed by atoms with van der Waals surface area (Å²) in [6.45, 7) is -0.628. The molecule has 0 aliphatic heterocycles. The Morgan fingerprint density at radius 2 is 2.15 bits per heavy atom. The fraction of sp³-hybridized carbons (Fsp3) is 0.500. The molecular formula is C8H11NO4. The summed E-state index contributed by atoms with van der Waals surface area (Å²) in [5.41, 5.74) is 0. The first-order chi connectivity index (χ1) is 6.11. The van der Waals surface area contributed by atoms with Crippen LogP contribution in [-0.4, -0.2) is 34.7 Å². The van der Waals surface area contributed by atoms with Crippen LogP contribution in [0, 0.1) is 12.3 Å². The third kappa shape index (κ3) is 4.82. The predicted molar refractivity (Wildman–Crippen MR) is 44.7 cm³/mol. The molecule has 0 bridgehead atoms. The molecule has 0 heterocycles. The lowest BCUT2D eigenvalue weighted by Gasteiger charge is -2.10. The fourth-order valence-corrected chi connectivity index (χ4v) is 0.638. The zero-order valence-corrected chi connectivity index (χ0v) is 6.99. The fourth-order valence-electron chi connectivity index (χ4n) is 0.638. The van der Waals surface area contributed by atoms with Crippen LogP contribution in [0.25, 0.3) is 0 Å². The van der Waals surface area contributed by atoms with Gasteiger partial charge in [-0.1, -0.05) is 0 Å². The van der Waals surface area contributed by atoms with Crippen LogP contribution in [-0.2, 0) is 9.59 Å². The highest BCUT2D eigenvalue weighted by Crippen LogP contribution is 1.89. The van der Waals surface area contributed by atoms with Gasteiger partial charge < -0.3 is 15.5 Å². The van der Waals surface area contributed by atoms with Crippen LogP contribution in [0.15, 0.2) is 0 Å². The molecule has 1 amide bonds. The Bertz CT molecular complexity index is 231. The number of hydrogen-bond donors (Lipinski definition) is 3. The lowest BCUT2D eigenvalue weighted by Crippen LogP contribution is -2.43. The molecule has 0 aromatic carbocycles. The molecule has 5 nitrogen and oxygen atoms in total. The summed E-state index contributed by atoms with van der Waals surface area (Å²) in [5.74, 6) is 0.508. The second-order valence-corrected chi connectivity index (χ2v) is 2.35. The van der Waals surface area contributed by atoms with Gasteiger partial charge in [0.25, 0.3) is 0 Å². The summed E-state index contributed by atoms with van der Waals surface area (Å²) in [5, 5.41) is 19.1. The minimum atomic E-state index is -1.27. The van der Waals surface area contributed by atoms with Crippen LogP contribution in [0.4, 0.5) is 0 Å². The van der Waals surface area contributed by atoms with Gasteiger partial charge in [0, 0.05) is 12.8 Å². The average molecular weight is 185 g/mol. The van der Waals surface area contributed by atoms with E-state index in [0.717, 1.165) is 0 Å². The third-order valence-electron chi connectivity index (χ3n) is 1.31. The minimum absolute atomic E-state index is 0.0697. The van der Waals surface area contributed by atoms with Crippen LogP contribution in [0.1, 0.15) is 12.8 Å². The maximum Gasteiger partial charge on any atom is 0.328 e. The monoisotopic (exact) mass is 185 g/mol. The molecule has 0 saturated carbocycles. The summed E-state index contributed by atoms with van der Waals surface area (Å²) in [6.07, 6.45) is 5.23. The van der Waals surface area contributed by atoms with E-state index in [1.54, 1.807) is 0 Å². The van der Waals surface area contributed by atoms with Crippen molar-refractivity contribution in [1.29, 1.82) is 0 Å². The lowest BCUT2D eigenvalue weighted by atomic mass is 10.2. The van der Waals surface area contributed by atoms with Gasteiger partial charge in [0.15, 0.2) is 0 Å². The van der Waals surface area contributed by atoms with Gasteiger partial charge in [0.05, 0.1) is 6.61 Å². The third-order valence-corrected chi connectivity index (χ3v) is 1.31. The van der Waals surface area contributed by atoms with E-state index in [0.29, 0.717) is 0 Å². The molecule has 0 spiro atoms. The molecule has 72 valence electrons. The largest absolute Gasteiger partial charge is 0.480 e. The first kappa shape index (κ1) is 11.5. The van der Waals surface area contributed by atoms with Crippen molar-refractivity contribution in [2.75, 3.05) is 6.61 Å². The van der Waals surface area contributed by atoms with Gasteiger partial charge in [-0.2, -0.15) is 0 Å². The molecule has 1 atom stereocenters. The molecule has 13 heavy (non-hydrogen) atoms. The topological polar surface area (TPSA) is 86.6 Å². The summed E-state index contributed by atoms with van der Waals surface area (Å²) in [7, 11) is 0. The molecule has 0 unspecified atom stereocenters. The molecule has 0 rings (SSSR count). The van der Waals surface area contributed by atoms with Crippen molar-refractivity contribution < 1.29 is 19.8 Å². The molecule has 0 aromatic rings. The number of carboxylic acids is 1. The number of nitrogens with one attached hydrogen (secondary N) is 1. The molecule has 0 aliphatic rings. The first-order valence-corrected chi connectivity index (χ1v) is 3.68. The number of rotatable bonds is 5. The van der Waals surface area contributed by atoms with E-state index in [4.69, 9.17) is 16.6 Å². The van der Waals surface area contributed by atoms with Gasteiger partial charge in [-0.05, 0) is 0 Å². The summed E-state index contributed by atoms with van der Waals surface area (Å²) in [6, 6.07) is -1.25. The zero-order chi connectivity index (χ0) is 10.3. The second-order valence-electron chi connectivity index (χ2n) is 2.35. The molecular weight excluding hydrogens is 174 g/mol. The molecule has 0 fully saturated rings. The maximum atomic E-state index is 10.9. The van der Waals surface area contributed by atoms with Crippen molar-refractivity contribution in [3.8, 4) is 12.3 Å². The molecule has 5 heteroatoms. The Kier molecular flexibility index (Phi) is 5.32. The number of carbonyl (C=O) groups excluding carboxylic acids is 1. The van der Waals surface area contributed by atoms with Gasteiger partial charge in [-0.15, -0.1) is 12.3 Å². The summed E-state index contributed by atoms with van der Waals surface area (Å²) in [4.78, 5) is 21.2. The summed E-state index contributed by atoms with van der Waals surface area (Å²) < 4.78 is 0. The van der Waals surface area contributed by atoms with Crippen molar-refractivity contribution in [1.82, 2.24) is 5.32 Å². The van der Waals surface area contributed by atoms with E-state index in [-0.39, 0.29) is 12.8 Å². The van der Waals surface area contributed by atoms with Crippen molar-refractivity contribution in [3.63, 3.8) is 0 Å². The van der Waals surface area contributed by atoms with E-state index in [1.807, 2.05) is 0 Å². The van der Waals surface area contributed by atoms with Crippen molar-refractivity contribution in [3.05, 3.63) is 0 Å². The number of carboxylic acid groups (broad SMARTS) is 1. The SMILES string of the molecule is C#CCCC(=O)N[C@H](CO)C(=O)O. The maximum absolute atomic E-state index is 10.9. The number of aliphatic hydroxyl groups is 1. The quantitative estimate of drug-likeness (QED) is 0.477. The Labute approximate surface area is 75.8 Å². The standard InChI is InChI=1S/C8H11NO4/c1-2-3-4-7(11)9-6(5-10)8(12)13/h1,6,10H,3-5H2,(H,9,11)(H,12,13)/t6-/m1/s1. The number of terminal acetylenes is 1. The Hall–Kier alpha value is -1.54. The Balaban J connectivity index is 3.88. The van der Waals surface area contributed by atoms with E-state index in [2.05, 4.69) is 11.2 Å². The van der Waals surface area contributed by atoms with Gasteiger partial charge in [-0.25, -0.2) is 4.79 Å². The van der Waals surface area contributed by atoms with Crippen LogP contribution in [0.3, 0.4) is 0 Å². The summed E-state index contributed by atoms with van der Waals surface area (Å²) >= 11 is 0. The van der Waals surface area contributed by atoms with Gasteiger partial charge in [0.1, 0.15) is 6.04 Å². The first-order valence-electron chi connectivity index (χ1n) is 3.68. The molecule has 0 aromatic heterocycles. The van der Waals surface area contributed by atoms with E-state index in [9.17, 15) is 9.59 Å². The Morgan fingerprint density at radius 3 is 2.54 bits per heavy atom. The van der Waals surface area contributed by atoms with Crippen molar-refractivity contribution >= 4 is 11.9 Å². The number of aliphatic hydroxyl groups excluding tert-OH is 1. The van der Waals surface area contributed by atoms with Gasteiger partial charge in [0.2, 0.25) is 5.91 Å². The zero-order valence-electron chi connectivity index (χ0n) is 6.99. The van der Waals surface area contributed by atoms with Crippen LogP contribution in [0.2, 0.25) is 0 Å². The van der Waals surface area contributed by atoms with E-state index < -0.39 is 24.5 Å². The van der Waals surface area contributed by atoms with Gasteiger partial charge in [-0.3, -0.25) is 4.79 Å². The molecule has 0 saturated heterocycles. The number of aliphatic carboxylic acids is 1. The molecule has 3 N–H and O–H groups in total. The average Bonchev–Trinajstić information content (AvgIpc) is 2.10. The van der Waals surface area contributed by atoms with E-state index in [1.165, 1.54) is 0 Å². The lowest BCUT2D eigenvalue weighted by molar-refractivity contribution is -0.142. The van der Waals surface area contributed by atoms with Crippen molar-refractivity contribution in [2.45, 2.75) is 18.9 Å². The number of hydrogen-bond acceptors (Lipinski definition) is 3. The molecule has 0 aliphatic carbocycles. The smallest absolute Gasteiger partial charge is 0.328 e. The number of amides is 1. The second kappa shape index (κ2) is 6.03. The highest BCUT2D eigenvalue weighted by atomic mass is 16.4. The predicted octanol–water partition coefficient (Wildman–Crippen LogP) is -1.04. The highest BCUT2D eigenvalue weighted by Gasteiger charge is 2.17. The number of carbonyl (C=O) groups is 2. The van der Waals surface area contributed by atoms with Crippen LogP contribution >= 0.6 is 0 Å². The van der Waals surface area contributed by atoms with E-state index >= 15 is 0 Å². The van der Waals surface area contributed by atoms with Crippen LogP contribution < -0.4 is 5.32 Å². The Morgan fingerprint density at radius 1 is 1.54 bits per heavy atom. The minimum Gasteiger partial charge on any atom is -0.480 e. The van der Waals surface area contributed by atoms with Crippen molar-refractivity contribution in [2.24, 2.45) is 0 Å². The van der Waals surface area contributed by atoms with Crippen LogP contribution in [0.5, 0.6) is 0 Å². The molecule has 0 radical (unpaired) electrons. The highest BCUT2D eigenvalue weighted by molar-refractivity contribution is 5.83. The normalized spacial score (nSPS) is 11.4. The van der Waals surface area contributed by atoms with Gasteiger partial charge >= 0.3 is 5.97 Å².